The van der Waals surface area contributed by atoms with Gasteiger partial charge in [-0.1, -0.05) is 24.9 Å². The predicted molar refractivity (Wildman–Crippen MR) is 80.7 cm³/mol. The Bertz CT molecular complexity index is 466. The predicted octanol–water partition coefficient (Wildman–Crippen LogP) is 2.81. The molecule has 0 bridgehead atoms. The van der Waals surface area contributed by atoms with Crippen LogP contribution in [0.25, 0.3) is 0 Å². The van der Waals surface area contributed by atoms with Crippen LogP contribution in [0.15, 0.2) is 12.1 Å². The zero-order valence-electron chi connectivity index (χ0n) is 12.0. The molecule has 1 aromatic rings. The van der Waals surface area contributed by atoms with E-state index in [4.69, 9.17) is 26.8 Å². The van der Waals surface area contributed by atoms with Gasteiger partial charge in [0.2, 0.25) is 5.91 Å². The van der Waals surface area contributed by atoms with Crippen LogP contribution in [-0.2, 0) is 4.79 Å². The zero-order valence-corrected chi connectivity index (χ0v) is 12.8. The van der Waals surface area contributed by atoms with Gasteiger partial charge in [-0.25, -0.2) is 0 Å². The van der Waals surface area contributed by atoms with Crippen LogP contribution in [0.1, 0.15) is 26.2 Å². The van der Waals surface area contributed by atoms with E-state index >= 15 is 0 Å². The van der Waals surface area contributed by atoms with E-state index in [1.54, 1.807) is 12.1 Å². The van der Waals surface area contributed by atoms with Crippen LogP contribution in [0.4, 0.5) is 5.69 Å². The summed E-state index contributed by atoms with van der Waals surface area (Å²) in [5.41, 5.74) is 6.35. The summed E-state index contributed by atoms with van der Waals surface area (Å²) in [7, 11) is 3.03. The molecule has 6 heteroatoms. The Kier molecular flexibility index (Phi) is 6.61. The van der Waals surface area contributed by atoms with Crippen molar-refractivity contribution in [2.75, 3.05) is 19.5 Å². The standard InChI is InChI=1S/C14H21ClN2O3/c1-4-5-9(16)6-14(18)17-11-7-10(15)12(19-2)8-13(11)20-3/h7-9H,4-6,16H2,1-3H3,(H,17,18). The minimum Gasteiger partial charge on any atom is -0.495 e. The summed E-state index contributed by atoms with van der Waals surface area (Å²) in [6, 6.07) is 3.09. The lowest BCUT2D eigenvalue weighted by atomic mass is 10.1. The van der Waals surface area contributed by atoms with Crippen molar-refractivity contribution >= 4 is 23.2 Å². The molecule has 1 amide bonds. The topological polar surface area (TPSA) is 73.6 Å². The van der Waals surface area contributed by atoms with Crippen molar-refractivity contribution in [3.05, 3.63) is 17.2 Å². The maximum atomic E-state index is 11.9. The molecule has 3 N–H and O–H groups in total. The third-order valence-corrected chi connectivity index (χ3v) is 3.15. The number of carbonyl (C=O) groups is 1. The quantitative estimate of drug-likeness (QED) is 0.812. The third-order valence-electron chi connectivity index (χ3n) is 2.86. The van der Waals surface area contributed by atoms with E-state index in [0.717, 1.165) is 12.8 Å². The van der Waals surface area contributed by atoms with E-state index in [9.17, 15) is 4.79 Å². The highest BCUT2D eigenvalue weighted by Gasteiger charge is 2.14. The second-order valence-electron chi connectivity index (χ2n) is 4.49. The number of hydrogen-bond acceptors (Lipinski definition) is 4. The number of carbonyl (C=O) groups excluding carboxylic acids is 1. The number of methoxy groups -OCH3 is 2. The number of hydrogen-bond donors (Lipinski definition) is 2. The van der Waals surface area contributed by atoms with Crippen LogP contribution in [-0.4, -0.2) is 26.2 Å². The highest BCUT2D eigenvalue weighted by atomic mass is 35.5. The van der Waals surface area contributed by atoms with Gasteiger partial charge in [0.05, 0.1) is 24.9 Å². The van der Waals surface area contributed by atoms with Crippen molar-refractivity contribution in [1.29, 1.82) is 0 Å². The lowest BCUT2D eigenvalue weighted by molar-refractivity contribution is -0.116. The van der Waals surface area contributed by atoms with E-state index in [0.29, 0.717) is 22.2 Å². The van der Waals surface area contributed by atoms with Crippen LogP contribution in [0.2, 0.25) is 5.02 Å². The van der Waals surface area contributed by atoms with Crippen molar-refractivity contribution in [3.8, 4) is 11.5 Å². The first-order chi connectivity index (χ1) is 9.51. The van der Waals surface area contributed by atoms with Gasteiger partial charge >= 0.3 is 0 Å². The van der Waals surface area contributed by atoms with Crippen molar-refractivity contribution in [2.24, 2.45) is 5.73 Å². The van der Waals surface area contributed by atoms with Gasteiger partial charge in [0.25, 0.3) is 0 Å². The molecule has 0 aliphatic rings. The van der Waals surface area contributed by atoms with Crippen molar-refractivity contribution < 1.29 is 14.3 Å². The number of rotatable bonds is 7. The number of nitrogens with one attached hydrogen (secondary N) is 1. The monoisotopic (exact) mass is 300 g/mol. The fourth-order valence-corrected chi connectivity index (χ4v) is 2.11. The molecule has 0 radical (unpaired) electrons. The van der Waals surface area contributed by atoms with Gasteiger partial charge in [-0.2, -0.15) is 0 Å². The van der Waals surface area contributed by atoms with Crippen molar-refractivity contribution in [2.45, 2.75) is 32.2 Å². The molecule has 0 heterocycles. The van der Waals surface area contributed by atoms with Crippen LogP contribution in [0, 0.1) is 0 Å². The second-order valence-corrected chi connectivity index (χ2v) is 4.90. The molecule has 5 nitrogen and oxygen atoms in total. The normalized spacial score (nSPS) is 11.8. The summed E-state index contributed by atoms with van der Waals surface area (Å²) in [6.45, 7) is 2.03. The average Bonchev–Trinajstić information content (AvgIpc) is 2.39. The molecule has 0 aromatic heterocycles. The Morgan fingerprint density at radius 2 is 2.00 bits per heavy atom. The van der Waals surface area contributed by atoms with E-state index in [1.807, 2.05) is 6.92 Å². The summed E-state index contributed by atoms with van der Waals surface area (Å²) >= 11 is 6.04. The molecule has 1 rings (SSSR count). The maximum Gasteiger partial charge on any atom is 0.226 e. The first-order valence-electron chi connectivity index (χ1n) is 6.48. The van der Waals surface area contributed by atoms with Gasteiger partial charge in [0.15, 0.2) is 0 Å². The average molecular weight is 301 g/mol. The van der Waals surface area contributed by atoms with E-state index in [1.165, 1.54) is 14.2 Å². The number of nitrogens with two attached hydrogens (primary N) is 1. The highest BCUT2D eigenvalue weighted by molar-refractivity contribution is 6.32. The number of ether oxygens (including phenoxy) is 2. The first kappa shape index (κ1) is 16.6. The van der Waals surface area contributed by atoms with Crippen molar-refractivity contribution in [1.82, 2.24) is 0 Å². The Morgan fingerprint density at radius 3 is 2.55 bits per heavy atom. The highest BCUT2D eigenvalue weighted by Crippen LogP contribution is 2.35. The van der Waals surface area contributed by atoms with Gasteiger partial charge in [0.1, 0.15) is 11.5 Å². The summed E-state index contributed by atoms with van der Waals surface area (Å²) < 4.78 is 10.3. The lowest BCUT2D eigenvalue weighted by Crippen LogP contribution is -2.27. The molecule has 20 heavy (non-hydrogen) atoms. The molecule has 0 fully saturated rings. The maximum absolute atomic E-state index is 11.9. The number of halogens is 1. The fraction of sp³-hybridized carbons (Fsp3) is 0.500. The second kappa shape index (κ2) is 7.97. The van der Waals surface area contributed by atoms with Crippen LogP contribution in [0.3, 0.4) is 0 Å². The molecule has 0 saturated heterocycles. The fourth-order valence-electron chi connectivity index (χ4n) is 1.87. The Balaban J connectivity index is 2.81. The van der Waals surface area contributed by atoms with E-state index in [-0.39, 0.29) is 18.4 Å². The Morgan fingerprint density at radius 1 is 1.35 bits per heavy atom. The van der Waals surface area contributed by atoms with E-state index < -0.39 is 0 Å². The molecule has 112 valence electrons. The largest absolute Gasteiger partial charge is 0.495 e. The Labute approximate surface area is 124 Å². The molecule has 0 aliphatic heterocycles. The summed E-state index contributed by atoms with van der Waals surface area (Å²) in [5.74, 6) is 0.818. The summed E-state index contributed by atoms with van der Waals surface area (Å²) in [4.78, 5) is 11.9. The van der Waals surface area contributed by atoms with Gasteiger partial charge in [-0.3, -0.25) is 4.79 Å². The number of amides is 1. The van der Waals surface area contributed by atoms with Crippen LogP contribution >= 0.6 is 11.6 Å². The third kappa shape index (κ3) is 4.58. The van der Waals surface area contributed by atoms with Crippen LogP contribution < -0.4 is 20.5 Å². The smallest absolute Gasteiger partial charge is 0.226 e. The lowest BCUT2D eigenvalue weighted by Gasteiger charge is -2.14. The number of anilines is 1. The molecule has 0 saturated carbocycles. The first-order valence-corrected chi connectivity index (χ1v) is 6.86. The summed E-state index contributed by atoms with van der Waals surface area (Å²) in [6.07, 6.45) is 2.03. The molecule has 1 aromatic carbocycles. The van der Waals surface area contributed by atoms with Gasteiger partial charge in [0, 0.05) is 18.5 Å². The van der Waals surface area contributed by atoms with Crippen molar-refractivity contribution in [3.63, 3.8) is 0 Å². The van der Waals surface area contributed by atoms with Gasteiger partial charge in [-0.05, 0) is 12.5 Å². The molecule has 0 aliphatic carbocycles. The molecular weight excluding hydrogens is 280 g/mol. The molecular formula is C14H21ClN2O3. The molecule has 1 atom stereocenters. The minimum absolute atomic E-state index is 0.139. The van der Waals surface area contributed by atoms with Crippen LogP contribution in [0.5, 0.6) is 11.5 Å². The zero-order chi connectivity index (χ0) is 15.1. The van der Waals surface area contributed by atoms with Gasteiger partial charge < -0.3 is 20.5 Å². The SMILES string of the molecule is CCCC(N)CC(=O)Nc1cc(Cl)c(OC)cc1OC. The molecule has 1 unspecified atom stereocenters. The van der Waals surface area contributed by atoms with Gasteiger partial charge in [-0.15, -0.1) is 0 Å². The molecule has 0 spiro atoms. The Hall–Kier alpha value is -1.46. The minimum atomic E-state index is -0.162. The van der Waals surface area contributed by atoms with E-state index in [2.05, 4.69) is 5.32 Å². The number of benzene rings is 1. The summed E-state index contributed by atoms with van der Waals surface area (Å²) in [5, 5.41) is 3.16.